The molecule has 0 saturated carbocycles. The van der Waals surface area contributed by atoms with Gasteiger partial charge in [0.25, 0.3) is 5.69 Å². The lowest BCUT2D eigenvalue weighted by molar-refractivity contribution is -0.394. The number of fused-ring (bicyclic) bond motifs is 1. The summed E-state index contributed by atoms with van der Waals surface area (Å²) in [6, 6.07) is 14.2. The number of benzene rings is 3. The molecule has 0 spiro atoms. The summed E-state index contributed by atoms with van der Waals surface area (Å²) < 4.78 is 17.5. The molecule has 0 saturated heterocycles. The third-order valence-corrected chi connectivity index (χ3v) is 4.86. The highest BCUT2D eigenvalue weighted by Gasteiger charge is 2.21. The molecule has 0 aliphatic rings. The molecule has 4 aromatic rings. The van der Waals surface area contributed by atoms with Gasteiger partial charge in [0.15, 0.2) is 0 Å². The molecule has 0 aliphatic carbocycles. The van der Waals surface area contributed by atoms with Crippen molar-refractivity contribution in [2.75, 3.05) is 0 Å². The van der Waals surface area contributed by atoms with Crippen molar-refractivity contribution in [1.82, 2.24) is 0 Å². The van der Waals surface area contributed by atoms with Crippen LogP contribution in [0.4, 0.5) is 11.4 Å². The summed E-state index contributed by atoms with van der Waals surface area (Å²) in [4.78, 5) is 33.3. The van der Waals surface area contributed by atoms with Crippen LogP contribution in [0.15, 0.2) is 80.6 Å². The van der Waals surface area contributed by atoms with E-state index in [0.29, 0.717) is 5.75 Å². The quantitative estimate of drug-likeness (QED) is 0.234. The van der Waals surface area contributed by atoms with Crippen molar-refractivity contribution in [3.05, 3.63) is 102 Å². The molecule has 4 rings (SSSR count). The minimum absolute atomic E-state index is 0.0144. The number of hydrogen-bond donors (Lipinski definition) is 0. The first kappa shape index (κ1) is 21.0. The van der Waals surface area contributed by atoms with Gasteiger partial charge in [-0.05, 0) is 42.5 Å². The molecule has 1 heterocycles. The Hall–Kier alpha value is -4.25. The van der Waals surface area contributed by atoms with Gasteiger partial charge in [-0.1, -0.05) is 15.9 Å². The van der Waals surface area contributed by atoms with Gasteiger partial charge in [-0.25, -0.2) is 0 Å². The molecule has 160 valence electrons. The van der Waals surface area contributed by atoms with Crippen molar-refractivity contribution < 1.29 is 23.7 Å². The fraction of sp³-hybridized carbons (Fsp3) is 0. The van der Waals surface area contributed by atoms with Crippen molar-refractivity contribution in [3.63, 3.8) is 0 Å². The molecule has 1 aromatic heterocycles. The third-order valence-electron chi connectivity index (χ3n) is 4.33. The van der Waals surface area contributed by atoms with Gasteiger partial charge >= 0.3 is 5.69 Å². The maximum Gasteiger partial charge on any atom is 0.318 e. The highest BCUT2D eigenvalue weighted by Crippen LogP contribution is 2.35. The minimum atomic E-state index is -0.782. The van der Waals surface area contributed by atoms with Crippen LogP contribution in [0.25, 0.3) is 11.0 Å². The van der Waals surface area contributed by atoms with E-state index in [1.54, 1.807) is 24.3 Å². The van der Waals surface area contributed by atoms with E-state index in [0.717, 1.165) is 28.9 Å². The van der Waals surface area contributed by atoms with Crippen LogP contribution in [-0.4, -0.2) is 9.85 Å². The zero-order chi connectivity index (χ0) is 22.8. The Morgan fingerprint density at radius 2 is 1.50 bits per heavy atom. The van der Waals surface area contributed by atoms with Gasteiger partial charge in [0, 0.05) is 16.6 Å². The molecule has 0 fully saturated rings. The van der Waals surface area contributed by atoms with Gasteiger partial charge in [0.05, 0.1) is 21.3 Å². The van der Waals surface area contributed by atoms with Gasteiger partial charge in [-0.3, -0.25) is 25.0 Å². The maximum absolute atomic E-state index is 12.7. The summed E-state index contributed by atoms with van der Waals surface area (Å²) in [5.74, 6) is 0.376. The Bertz CT molecular complexity index is 1420. The Balaban J connectivity index is 1.65. The standard InChI is InChI=1S/C21H11BrN2O8/c22-12-1-4-14(5-2-12)31-20-11-30-19-10-15(6-7-16(19)21(20)25)32-18-8-3-13(23(26)27)9-17(18)24(28)29/h1-11H. The fourth-order valence-corrected chi connectivity index (χ4v) is 3.09. The summed E-state index contributed by atoms with van der Waals surface area (Å²) in [7, 11) is 0. The van der Waals surface area contributed by atoms with Crippen LogP contribution in [0, 0.1) is 20.2 Å². The van der Waals surface area contributed by atoms with Crippen molar-refractivity contribution >= 4 is 38.3 Å². The molecule has 0 amide bonds. The Kier molecular flexibility index (Phi) is 5.56. The monoisotopic (exact) mass is 498 g/mol. The lowest BCUT2D eigenvalue weighted by Crippen LogP contribution is -2.05. The van der Waals surface area contributed by atoms with Gasteiger partial charge < -0.3 is 13.9 Å². The number of nitro benzene ring substituents is 2. The van der Waals surface area contributed by atoms with Crippen molar-refractivity contribution in [2.45, 2.75) is 0 Å². The zero-order valence-corrected chi connectivity index (χ0v) is 17.5. The lowest BCUT2D eigenvalue weighted by atomic mass is 10.2. The normalized spacial score (nSPS) is 10.7. The van der Waals surface area contributed by atoms with Crippen molar-refractivity contribution in [2.24, 2.45) is 0 Å². The third kappa shape index (κ3) is 4.27. The molecule has 10 nitrogen and oxygen atoms in total. The van der Waals surface area contributed by atoms with Gasteiger partial charge in [0.1, 0.15) is 23.3 Å². The molecule has 0 radical (unpaired) electrons. The Labute approximate surface area is 187 Å². The van der Waals surface area contributed by atoms with E-state index in [1.165, 1.54) is 18.2 Å². The average molecular weight is 499 g/mol. The molecule has 11 heteroatoms. The minimum Gasteiger partial charge on any atom is -0.460 e. The predicted molar refractivity (Wildman–Crippen MR) is 117 cm³/mol. The van der Waals surface area contributed by atoms with Gasteiger partial charge in [-0.15, -0.1) is 0 Å². The SMILES string of the molecule is O=c1c(Oc2ccc(Br)cc2)coc2cc(Oc3ccc([N+](=O)[O-])cc3[N+](=O)[O-])ccc12. The van der Waals surface area contributed by atoms with E-state index in [2.05, 4.69) is 15.9 Å². The first-order valence-corrected chi connectivity index (χ1v) is 9.71. The van der Waals surface area contributed by atoms with E-state index >= 15 is 0 Å². The van der Waals surface area contributed by atoms with Crippen LogP contribution in [-0.2, 0) is 0 Å². The summed E-state index contributed by atoms with van der Waals surface area (Å²) in [6.07, 6.45) is 1.16. The largest absolute Gasteiger partial charge is 0.460 e. The van der Waals surface area contributed by atoms with Crippen molar-refractivity contribution in [3.8, 4) is 23.0 Å². The first-order chi connectivity index (χ1) is 15.3. The van der Waals surface area contributed by atoms with Crippen LogP contribution in [0.2, 0.25) is 0 Å². The second-order valence-electron chi connectivity index (χ2n) is 6.41. The molecule has 32 heavy (non-hydrogen) atoms. The molecule has 0 bridgehead atoms. The topological polar surface area (TPSA) is 135 Å². The molecular formula is C21H11BrN2O8. The maximum atomic E-state index is 12.7. The number of ether oxygens (including phenoxy) is 2. The van der Waals surface area contributed by atoms with E-state index in [9.17, 15) is 25.0 Å². The number of halogens is 1. The fourth-order valence-electron chi connectivity index (χ4n) is 2.83. The zero-order valence-electron chi connectivity index (χ0n) is 15.9. The average Bonchev–Trinajstić information content (AvgIpc) is 2.77. The first-order valence-electron chi connectivity index (χ1n) is 8.91. The molecule has 0 unspecified atom stereocenters. The molecule has 3 aromatic carbocycles. The Morgan fingerprint density at radius 1 is 0.812 bits per heavy atom. The lowest BCUT2D eigenvalue weighted by Gasteiger charge is -2.08. The summed E-state index contributed by atoms with van der Waals surface area (Å²) in [5.41, 5.74) is -1.26. The summed E-state index contributed by atoms with van der Waals surface area (Å²) in [6.45, 7) is 0. The van der Waals surface area contributed by atoms with Crippen LogP contribution in [0.1, 0.15) is 0 Å². The van der Waals surface area contributed by atoms with E-state index in [4.69, 9.17) is 13.9 Å². The van der Waals surface area contributed by atoms with Crippen molar-refractivity contribution in [1.29, 1.82) is 0 Å². The number of non-ortho nitro benzene ring substituents is 1. The predicted octanol–water partition coefficient (Wildman–Crippen LogP) is 5.96. The highest BCUT2D eigenvalue weighted by molar-refractivity contribution is 9.10. The number of nitro groups is 2. The van der Waals surface area contributed by atoms with Gasteiger partial charge in [-0.2, -0.15) is 0 Å². The van der Waals surface area contributed by atoms with E-state index in [-0.39, 0.29) is 28.2 Å². The number of rotatable bonds is 6. The van der Waals surface area contributed by atoms with E-state index < -0.39 is 26.7 Å². The second-order valence-corrected chi connectivity index (χ2v) is 7.33. The van der Waals surface area contributed by atoms with Crippen LogP contribution >= 0.6 is 15.9 Å². The molecular weight excluding hydrogens is 488 g/mol. The molecule has 0 N–H and O–H groups in total. The summed E-state index contributed by atoms with van der Waals surface area (Å²) >= 11 is 3.32. The van der Waals surface area contributed by atoms with E-state index in [1.807, 2.05) is 0 Å². The smallest absolute Gasteiger partial charge is 0.318 e. The van der Waals surface area contributed by atoms with Crippen LogP contribution in [0.5, 0.6) is 23.0 Å². The number of nitrogens with zero attached hydrogens (tertiary/aromatic N) is 2. The van der Waals surface area contributed by atoms with Crippen LogP contribution in [0.3, 0.4) is 0 Å². The van der Waals surface area contributed by atoms with Crippen LogP contribution < -0.4 is 14.9 Å². The number of hydrogen-bond acceptors (Lipinski definition) is 8. The second kappa shape index (κ2) is 8.47. The molecule has 0 atom stereocenters. The summed E-state index contributed by atoms with van der Waals surface area (Å²) in [5, 5.41) is 22.4. The van der Waals surface area contributed by atoms with Gasteiger partial charge in [0.2, 0.25) is 16.9 Å². The Morgan fingerprint density at radius 3 is 2.19 bits per heavy atom. The highest BCUT2D eigenvalue weighted by atomic mass is 79.9. The molecule has 0 aliphatic heterocycles.